The average Bonchev–Trinajstić information content (AvgIpc) is 3.15. The molecule has 0 aromatic heterocycles. The van der Waals surface area contributed by atoms with Gasteiger partial charge in [0.2, 0.25) is 0 Å². The number of para-hydroxylation sites is 1. The van der Waals surface area contributed by atoms with Crippen LogP contribution in [-0.4, -0.2) is 17.9 Å². The molecule has 0 saturated heterocycles. The van der Waals surface area contributed by atoms with Crippen molar-refractivity contribution in [3.8, 4) is 11.5 Å². The zero-order valence-corrected chi connectivity index (χ0v) is 14.5. The van der Waals surface area contributed by atoms with Gasteiger partial charge in [0.1, 0.15) is 0 Å². The van der Waals surface area contributed by atoms with E-state index in [1.807, 2.05) is 59.6 Å². The smallest absolute Gasteiger partial charge is 0.160 e. The van der Waals surface area contributed by atoms with Gasteiger partial charge in [-0.1, -0.05) is 54.6 Å². The van der Waals surface area contributed by atoms with Crippen LogP contribution in [0.1, 0.15) is 23.6 Å². The molecule has 4 heteroatoms. The first-order valence-corrected chi connectivity index (χ1v) is 8.60. The molecule has 0 fully saturated rings. The highest BCUT2D eigenvalue weighted by Crippen LogP contribution is 2.39. The van der Waals surface area contributed by atoms with Gasteiger partial charge < -0.3 is 9.84 Å². The van der Waals surface area contributed by atoms with E-state index in [1.54, 1.807) is 19.2 Å². The van der Waals surface area contributed by atoms with Gasteiger partial charge >= 0.3 is 0 Å². The molecule has 0 bridgehead atoms. The van der Waals surface area contributed by atoms with Crippen LogP contribution in [-0.2, 0) is 0 Å². The van der Waals surface area contributed by atoms with Crippen molar-refractivity contribution in [1.29, 1.82) is 0 Å². The number of aromatic hydroxyl groups is 1. The van der Waals surface area contributed by atoms with Crippen molar-refractivity contribution in [2.75, 3.05) is 12.1 Å². The van der Waals surface area contributed by atoms with E-state index in [0.29, 0.717) is 5.75 Å². The van der Waals surface area contributed by atoms with Crippen LogP contribution in [0.2, 0.25) is 0 Å². The van der Waals surface area contributed by atoms with Gasteiger partial charge in [-0.15, -0.1) is 0 Å². The number of anilines is 1. The van der Waals surface area contributed by atoms with Crippen LogP contribution in [0, 0.1) is 0 Å². The molecule has 1 N–H and O–H groups in total. The monoisotopic (exact) mass is 344 g/mol. The summed E-state index contributed by atoms with van der Waals surface area (Å²) in [5.41, 5.74) is 4.18. The Labute approximate surface area is 153 Å². The molecule has 130 valence electrons. The molecular formula is C22H20N2O2. The summed E-state index contributed by atoms with van der Waals surface area (Å²) in [5, 5.41) is 17.1. The van der Waals surface area contributed by atoms with Crippen molar-refractivity contribution < 1.29 is 9.84 Å². The van der Waals surface area contributed by atoms with Crippen molar-refractivity contribution in [1.82, 2.24) is 0 Å². The quantitative estimate of drug-likeness (QED) is 0.742. The molecule has 0 amide bonds. The van der Waals surface area contributed by atoms with Crippen LogP contribution in [0.5, 0.6) is 11.5 Å². The van der Waals surface area contributed by atoms with Gasteiger partial charge in [-0.2, -0.15) is 5.10 Å². The maximum atomic E-state index is 10.2. The van der Waals surface area contributed by atoms with E-state index >= 15 is 0 Å². The van der Waals surface area contributed by atoms with Gasteiger partial charge in [-0.25, -0.2) is 0 Å². The molecule has 0 saturated carbocycles. The summed E-state index contributed by atoms with van der Waals surface area (Å²) >= 11 is 0. The van der Waals surface area contributed by atoms with E-state index in [4.69, 9.17) is 9.84 Å². The zero-order valence-electron chi connectivity index (χ0n) is 14.5. The molecule has 26 heavy (non-hydrogen) atoms. The Morgan fingerprint density at radius 1 is 0.962 bits per heavy atom. The molecular weight excluding hydrogens is 324 g/mol. The van der Waals surface area contributed by atoms with E-state index in [-0.39, 0.29) is 11.8 Å². The van der Waals surface area contributed by atoms with E-state index in [2.05, 4.69) is 12.1 Å². The van der Waals surface area contributed by atoms with Gasteiger partial charge in [-0.3, -0.25) is 5.01 Å². The van der Waals surface area contributed by atoms with Crippen molar-refractivity contribution >= 4 is 11.4 Å². The van der Waals surface area contributed by atoms with Crippen LogP contribution in [0.25, 0.3) is 0 Å². The second kappa shape index (κ2) is 6.92. The Balaban J connectivity index is 1.74. The molecule has 1 aliphatic heterocycles. The van der Waals surface area contributed by atoms with E-state index in [1.165, 1.54) is 0 Å². The lowest BCUT2D eigenvalue weighted by Crippen LogP contribution is -2.18. The lowest BCUT2D eigenvalue weighted by atomic mass is 9.98. The van der Waals surface area contributed by atoms with Crippen LogP contribution in [0.3, 0.4) is 0 Å². The van der Waals surface area contributed by atoms with Crippen molar-refractivity contribution in [3.63, 3.8) is 0 Å². The highest BCUT2D eigenvalue weighted by molar-refractivity contribution is 6.03. The molecule has 1 heterocycles. The fraction of sp³-hybridized carbons (Fsp3) is 0.136. The number of benzene rings is 3. The summed E-state index contributed by atoms with van der Waals surface area (Å²) in [6.45, 7) is 0. The number of ether oxygens (including phenoxy) is 1. The number of hydrogen-bond acceptors (Lipinski definition) is 4. The van der Waals surface area contributed by atoms with Crippen molar-refractivity contribution in [3.05, 3.63) is 90.0 Å². The van der Waals surface area contributed by atoms with Crippen LogP contribution < -0.4 is 9.75 Å². The van der Waals surface area contributed by atoms with Gasteiger partial charge in [-0.05, 0) is 35.4 Å². The number of phenolic OH excluding ortho intramolecular Hbond substituents is 1. The van der Waals surface area contributed by atoms with Gasteiger partial charge in [0.05, 0.1) is 24.6 Å². The number of methoxy groups -OCH3 is 1. The number of phenols is 1. The topological polar surface area (TPSA) is 45.1 Å². The molecule has 3 aromatic carbocycles. The molecule has 1 aliphatic rings. The van der Waals surface area contributed by atoms with Crippen LogP contribution in [0.15, 0.2) is 84.0 Å². The highest BCUT2D eigenvalue weighted by Gasteiger charge is 2.30. The maximum Gasteiger partial charge on any atom is 0.160 e. The van der Waals surface area contributed by atoms with E-state index in [9.17, 15) is 5.11 Å². The first-order valence-electron chi connectivity index (χ1n) is 8.60. The Hall–Kier alpha value is -3.27. The van der Waals surface area contributed by atoms with E-state index in [0.717, 1.165) is 28.9 Å². The summed E-state index contributed by atoms with van der Waals surface area (Å²) in [4.78, 5) is 0. The number of rotatable bonds is 4. The van der Waals surface area contributed by atoms with Crippen LogP contribution >= 0.6 is 0 Å². The SMILES string of the molecule is COc1ccc(C2CC(c3ccccc3)=NN2c2ccccc2)cc1O. The second-order valence-corrected chi connectivity index (χ2v) is 6.24. The largest absolute Gasteiger partial charge is 0.504 e. The predicted octanol–water partition coefficient (Wildman–Crippen LogP) is 4.76. The average molecular weight is 344 g/mol. The molecule has 1 atom stereocenters. The molecule has 3 aromatic rings. The van der Waals surface area contributed by atoms with Gasteiger partial charge in [0.25, 0.3) is 0 Å². The number of hydrazone groups is 1. The summed E-state index contributed by atoms with van der Waals surface area (Å²) < 4.78 is 5.17. The summed E-state index contributed by atoms with van der Waals surface area (Å²) in [6.07, 6.45) is 0.769. The molecule has 4 rings (SSSR count). The molecule has 1 unspecified atom stereocenters. The minimum absolute atomic E-state index is 0.0180. The third-order valence-corrected chi connectivity index (χ3v) is 4.63. The number of hydrogen-bond donors (Lipinski definition) is 1. The Morgan fingerprint density at radius 3 is 2.31 bits per heavy atom. The zero-order chi connectivity index (χ0) is 17.9. The first kappa shape index (κ1) is 16.2. The van der Waals surface area contributed by atoms with Gasteiger partial charge in [0.15, 0.2) is 11.5 Å². The highest BCUT2D eigenvalue weighted by atomic mass is 16.5. The third-order valence-electron chi connectivity index (χ3n) is 4.63. The predicted molar refractivity (Wildman–Crippen MR) is 104 cm³/mol. The lowest BCUT2D eigenvalue weighted by Gasteiger charge is -2.24. The van der Waals surface area contributed by atoms with Crippen molar-refractivity contribution in [2.24, 2.45) is 5.10 Å². The molecule has 0 spiro atoms. The van der Waals surface area contributed by atoms with E-state index < -0.39 is 0 Å². The minimum Gasteiger partial charge on any atom is -0.504 e. The molecule has 0 aliphatic carbocycles. The lowest BCUT2D eigenvalue weighted by molar-refractivity contribution is 0.372. The first-order chi connectivity index (χ1) is 12.8. The molecule has 4 nitrogen and oxygen atoms in total. The summed E-state index contributed by atoms with van der Waals surface area (Å²) in [6, 6.07) is 25.9. The fourth-order valence-electron chi connectivity index (χ4n) is 3.31. The van der Waals surface area contributed by atoms with Crippen molar-refractivity contribution in [2.45, 2.75) is 12.5 Å². The Bertz CT molecular complexity index is 923. The maximum absolute atomic E-state index is 10.2. The Kier molecular flexibility index (Phi) is 4.32. The summed E-state index contributed by atoms with van der Waals surface area (Å²) in [7, 11) is 1.55. The Morgan fingerprint density at radius 2 is 1.65 bits per heavy atom. The fourth-order valence-corrected chi connectivity index (χ4v) is 3.31. The third kappa shape index (κ3) is 3.02. The van der Waals surface area contributed by atoms with Crippen LogP contribution in [0.4, 0.5) is 5.69 Å². The molecule has 0 radical (unpaired) electrons. The van der Waals surface area contributed by atoms with Gasteiger partial charge in [0, 0.05) is 6.42 Å². The number of nitrogens with zero attached hydrogens (tertiary/aromatic N) is 2. The summed E-state index contributed by atoms with van der Waals surface area (Å²) in [5.74, 6) is 0.619. The minimum atomic E-state index is 0.0180. The standard InChI is InChI=1S/C22H20N2O2/c1-26-22-13-12-17(14-21(22)25)20-15-19(16-8-4-2-5-9-16)23-24(20)18-10-6-3-7-11-18/h2-14,20,25H,15H2,1H3. The normalized spacial score (nSPS) is 16.4. The second-order valence-electron chi connectivity index (χ2n) is 6.24.